The van der Waals surface area contributed by atoms with Gasteiger partial charge in [-0.1, -0.05) is 36.7 Å². The van der Waals surface area contributed by atoms with E-state index in [-0.39, 0.29) is 5.41 Å². The van der Waals surface area contributed by atoms with Crippen LogP contribution in [0.2, 0.25) is 0 Å². The second kappa shape index (κ2) is 7.75. The summed E-state index contributed by atoms with van der Waals surface area (Å²) < 4.78 is 0. The Labute approximate surface area is 178 Å². The molecule has 1 fully saturated rings. The molecule has 4 heteroatoms. The number of rotatable bonds is 3. The number of nitrogens with zero attached hydrogens (tertiary/aromatic N) is 2. The average molecular weight is 408 g/mol. The fourth-order valence-electron chi connectivity index (χ4n) is 6.16. The van der Waals surface area contributed by atoms with E-state index in [1.165, 1.54) is 42.6 Å². The highest BCUT2D eigenvalue weighted by Gasteiger charge is 2.45. The monoisotopic (exact) mass is 407 g/mol. The summed E-state index contributed by atoms with van der Waals surface area (Å²) in [6, 6.07) is 4.40. The molecular weight excluding hydrogens is 378 g/mol. The lowest BCUT2D eigenvalue weighted by atomic mass is 9.61. The van der Waals surface area contributed by atoms with Crippen molar-refractivity contribution in [1.29, 1.82) is 0 Å². The van der Waals surface area contributed by atoms with Crippen LogP contribution in [-0.2, 0) is 12.8 Å². The number of aryl methyl sites for hydroxylation is 1. The minimum absolute atomic E-state index is 0.115. The van der Waals surface area contributed by atoms with E-state index in [1.807, 2.05) is 12.4 Å². The van der Waals surface area contributed by atoms with Gasteiger partial charge in [0.1, 0.15) is 0 Å². The topological polar surface area (TPSA) is 41.6 Å². The number of H-pyrrole nitrogens is 1. The van der Waals surface area contributed by atoms with Crippen LogP contribution >= 0.6 is 11.6 Å². The lowest BCUT2D eigenvalue weighted by Crippen LogP contribution is -2.35. The first-order valence-electron chi connectivity index (χ1n) is 11.1. The first kappa shape index (κ1) is 19.1. The van der Waals surface area contributed by atoms with Gasteiger partial charge in [0.05, 0.1) is 6.33 Å². The van der Waals surface area contributed by atoms with Gasteiger partial charge in [-0.25, -0.2) is 4.98 Å². The average Bonchev–Trinajstić information content (AvgIpc) is 3.19. The Balaban J connectivity index is 1.42. The number of aromatic amines is 1. The maximum absolute atomic E-state index is 6.46. The van der Waals surface area contributed by atoms with Crippen molar-refractivity contribution in [2.45, 2.75) is 57.8 Å². The lowest BCUT2D eigenvalue weighted by Gasteiger charge is -2.43. The maximum Gasteiger partial charge on any atom is 0.0921 e. The minimum Gasteiger partial charge on any atom is -0.348 e. The van der Waals surface area contributed by atoms with Crippen LogP contribution in [0.3, 0.4) is 0 Å². The number of allylic oxidation sites excluding steroid dienone is 4. The van der Waals surface area contributed by atoms with E-state index in [0.717, 1.165) is 30.2 Å². The third-order valence-electron chi connectivity index (χ3n) is 7.72. The molecule has 0 aromatic carbocycles. The van der Waals surface area contributed by atoms with E-state index in [1.54, 1.807) is 6.33 Å². The molecule has 3 atom stereocenters. The van der Waals surface area contributed by atoms with E-state index in [0.29, 0.717) is 17.8 Å². The van der Waals surface area contributed by atoms with Crippen molar-refractivity contribution in [2.24, 2.45) is 23.2 Å². The highest BCUT2D eigenvalue weighted by molar-refractivity contribution is 6.31. The molecule has 0 bridgehead atoms. The number of halogens is 1. The second-order valence-corrected chi connectivity index (χ2v) is 9.99. The van der Waals surface area contributed by atoms with Crippen LogP contribution in [0.1, 0.15) is 61.9 Å². The van der Waals surface area contributed by atoms with Gasteiger partial charge in [-0.2, -0.15) is 0 Å². The molecule has 2 aromatic heterocycles. The Hall–Kier alpha value is -1.87. The van der Waals surface area contributed by atoms with E-state index < -0.39 is 0 Å². The summed E-state index contributed by atoms with van der Waals surface area (Å²) in [5.41, 5.74) is 4.20. The Kier molecular flexibility index (Phi) is 5.11. The van der Waals surface area contributed by atoms with Crippen molar-refractivity contribution in [3.05, 3.63) is 71.1 Å². The van der Waals surface area contributed by atoms with Crippen LogP contribution in [-0.4, -0.2) is 15.0 Å². The van der Waals surface area contributed by atoms with E-state index in [4.69, 9.17) is 16.6 Å². The molecule has 3 nitrogen and oxygen atoms in total. The number of pyridine rings is 1. The molecule has 152 valence electrons. The van der Waals surface area contributed by atoms with Crippen LogP contribution in [0.5, 0.6) is 0 Å². The molecule has 29 heavy (non-hydrogen) atoms. The van der Waals surface area contributed by atoms with Crippen LogP contribution < -0.4 is 0 Å². The Morgan fingerprint density at radius 1 is 1.24 bits per heavy atom. The standard InChI is InChI=1S/C25H30ClN3/c1-25-11-10-19-3-2-12-28-24(19)23(22(25)9-8-20(26)14-25)18-6-4-17(5-7-18)13-21-15-27-16-29-21/h2-3,8-9,12,14-18,22-23H,4-7,10-11,13H2,1H3,(H,27,29). The molecule has 0 spiro atoms. The molecular formula is C25H30ClN3. The second-order valence-electron chi connectivity index (χ2n) is 9.56. The van der Waals surface area contributed by atoms with Crippen LogP contribution in [0.15, 0.2) is 54.1 Å². The fraction of sp³-hybridized carbons (Fsp3) is 0.520. The molecule has 0 radical (unpaired) electrons. The van der Waals surface area contributed by atoms with Crippen molar-refractivity contribution < 1.29 is 0 Å². The van der Waals surface area contributed by atoms with Gasteiger partial charge >= 0.3 is 0 Å². The van der Waals surface area contributed by atoms with Gasteiger partial charge in [0.25, 0.3) is 0 Å². The van der Waals surface area contributed by atoms with Crippen molar-refractivity contribution in [2.75, 3.05) is 0 Å². The molecule has 3 aliphatic rings. The van der Waals surface area contributed by atoms with E-state index >= 15 is 0 Å². The summed E-state index contributed by atoms with van der Waals surface area (Å²) in [6.45, 7) is 2.41. The number of fused-ring (bicyclic) bond motifs is 2. The molecule has 0 saturated heterocycles. The van der Waals surface area contributed by atoms with Crippen molar-refractivity contribution in [3.8, 4) is 0 Å². The predicted octanol–water partition coefficient (Wildman–Crippen LogP) is 6.20. The van der Waals surface area contributed by atoms with Gasteiger partial charge in [0.2, 0.25) is 0 Å². The molecule has 1 N–H and O–H groups in total. The highest BCUT2D eigenvalue weighted by Crippen LogP contribution is 2.54. The van der Waals surface area contributed by atoms with Crippen molar-refractivity contribution in [3.63, 3.8) is 0 Å². The van der Waals surface area contributed by atoms with Gasteiger partial charge in [-0.15, -0.1) is 0 Å². The number of aromatic nitrogens is 3. The quantitative estimate of drug-likeness (QED) is 0.658. The first-order valence-corrected chi connectivity index (χ1v) is 11.5. The summed E-state index contributed by atoms with van der Waals surface area (Å²) in [7, 11) is 0. The van der Waals surface area contributed by atoms with E-state index in [2.05, 4.69) is 47.3 Å². The molecule has 0 aliphatic heterocycles. The van der Waals surface area contributed by atoms with Crippen molar-refractivity contribution in [1.82, 2.24) is 15.0 Å². The zero-order valence-corrected chi connectivity index (χ0v) is 17.9. The van der Waals surface area contributed by atoms with Gasteiger partial charge in [0, 0.05) is 34.7 Å². The van der Waals surface area contributed by atoms with E-state index in [9.17, 15) is 0 Å². The molecule has 1 saturated carbocycles. The smallest absolute Gasteiger partial charge is 0.0921 e. The summed E-state index contributed by atoms with van der Waals surface area (Å²) >= 11 is 6.46. The summed E-state index contributed by atoms with van der Waals surface area (Å²) in [6.07, 6.45) is 21.1. The third kappa shape index (κ3) is 3.70. The first-order chi connectivity index (χ1) is 14.1. The summed E-state index contributed by atoms with van der Waals surface area (Å²) in [4.78, 5) is 12.4. The van der Waals surface area contributed by atoms with Crippen molar-refractivity contribution >= 4 is 11.6 Å². The lowest BCUT2D eigenvalue weighted by molar-refractivity contribution is 0.161. The SMILES string of the molecule is CC12C=C(Cl)C=CC1C(C1CCC(Cc3cnc[nH]3)CC1)c1ncccc1CC2. The third-order valence-corrected chi connectivity index (χ3v) is 7.95. The van der Waals surface area contributed by atoms with Gasteiger partial charge in [-0.05, 0) is 85.8 Å². The Morgan fingerprint density at radius 3 is 2.90 bits per heavy atom. The van der Waals surface area contributed by atoms with Crippen LogP contribution in [0, 0.1) is 23.2 Å². The number of imidazole rings is 1. The highest BCUT2D eigenvalue weighted by atomic mass is 35.5. The molecule has 2 aromatic rings. The largest absolute Gasteiger partial charge is 0.348 e. The maximum atomic E-state index is 6.46. The zero-order valence-electron chi connectivity index (χ0n) is 17.2. The van der Waals surface area contributed by atoms with Crippen LogP contribution in [0.25, 0.3) is 0 Å². The molecule has 0 amide bonds. The minimum atomic E-state index is 0.115. The Bertz CT molecular complexity index is 908. The molecule has 2 heterocycles. The van der Waals surface area contributed by atoms with Gasteiger partial charge < -0.3 is 4.98 Å². The fourth-order valence-corrected chi connectivity index (χ4v) is 6.48. The summed E-state index contributed by atoms with van der Waals surface area (Å²) in [5.74, 6) is 2.43. The Morgan fingerprint density at radius 2 is 2.10 bits per heavy atom. The number of hydrogen-bond acceptors (Lipinski definition) is 2. The number of hydrogen-bond donors (Lipinski definition) is 1. The normalized spacial score (nSPS) is 34.1. The predicted molar refractivity (Wildman–Crippen MR) is 118 cm³/mol. The molecule has 3 unspecified atom stereocenters. The zero-order chi connectivity index (χ0) is 19.8. The molecule has 3 aliphatic carbocycles. The van der Waals surface area contributed by atoms with Crippen LogP contribution in [0.4, 0.5) is 0 Å². The van der Waals surface area contributed by atoms with Gasteiger partial charge in [0.15, 0.2) is 0 Å². The summed E-state index contributed by atoms with van der Waals surface area (Å²) in [5, 5.41) is 0.893. The molecule has 5 rings (SSSR count). The van der Waals surface area contributed by atoms with Gasteiger partial charge in [-0.3, -0.25) is 4.98 Å². The number of nitrogens with one attached hydrogen (secondary N) is 1.